The summed E-state index contributed by atoms with van der Waals surface area (Å²) in [5.74, 6) is 0.691. The summed E-state index contributed by atoms with van der Waals surface area (Å²) in [6.07, 6.45) is 2.83. The van der Waals surface area contributed by atoms with Crippen molar-refractivity contribution in [1.82, 2.24) is 15.1 Å². The van der Waals surface area contributed by atoms with Crippen molar-refractivity contribution < 1.29 is 13.9 Å². The van der Waals surface area contributed by atoms with Gasteiger partial charge in [-0.15, -0.1) is 0 Å². The summed E-state index contributed by atoms with van der Waals surface area (Å²) in [5.41, 5.74) is 7.16. The molecule has 1 N–H and O–H groups in total. The SMILES string of the molecule is CCCOc1ccc(-c2nn(-c3ccccc3)cc2CNC(=O)c2oc3cc(C)c(C)cc3c2C)cc1Cl. The van der Waals surface area contributed by atoms with Crippen LogP contribution >= 0.6 is 11.6 Å². The number of halogens is 1. The number of furan rings is 1. The molecular formula is C31H30ClN3O3. The van der Waals surface area contributed by atoms with E-state index in [1.54, 1.807) is 0 Å². The quantitative estimate of drug-likeness (QED) is 0.226. The fraction of sp³-hybridized carbons (Fsp3) is 0.226. The van der Waals surface area contributed by atoms with E-state index in [0.717, 1.165) is 51.0 Å². The lowest BCUT2D eigenvalue weighted by Crippen LogP contribution is -2.23. The summed E-state index contributed by atoms with van der Waals surface area (Å²) in [6.45, 7) is 8.92. The number of amides is 1. The van der Waals surface area contributed by atoms with Crippen molar-refractivity contribution in [1.29, 1.82) is 0 Å². The smallest absolute Gasteiger partial charge is 0.287 e. The lowest BCUT2D eigenvalue weighted by Gasteiger charge is -2.09. The summed E-state index contributed by atoms with van der Waals surface area (Å²) >= 11 is 6.54. The first kappa shape index (κ1) is 25.6. The van der Waals surface area contributed by atoms with Gasteiger partial charge in [-0.3, -0.25) is 4.79 Å². The van der Waals surface area contributed by atoms with Gasteiger partial charge in [0.25, 0.3) is 5.91 Å². The molecule has 0 spiro atoms. The van der Waals surface area contributed by atoms with Gasteiger partial charge in [0.05, 0.1) is 23.0 Å². The molecule has 2 aromatic heterocycles. The van der Waals surface area contributed by atoms with Crippen LogP contribution in [-0.2, 0) is 6.54 Å². The molecule has 0 aliphatic rings. The topological polar surface area (TPSA) is 69.3 Å². The average molecular weight is 528 g/mol. The summed E-state index contributed by atoms with van der Waals surface area (Å²) in [6, 6.07) is 19.5. The van der Waals surface area contributed by atoms with E-state index in [4.69, 9.17) is 25.9 Å². The first-order valence-electron chi connectivity index (χ1n) is 12.7. The second-order valence-electron chi connectivity index (χ2n) is 9.45. The van der Waals surface area contributed by atoms with Gasteiger partial charge in [0.15, 0.2) is 5.76 Å². The summed E-state index contributed by atoms with van der Waals surface area (Å²) in [7, 11) is 0. The number of hydrogen-bond acceptors (Lipinski definition) is 4. The van der Waals surface area contributed by atoms with E-state index >= 15 is 0 Å². The number of aromatic nitrogens is 2. The van der Waals surface area contributed by atoms with Crippen LogP contribution in [-0.4, -0.2) is 22.3 Å². The zero-order valence-electron chi connectivity index (χ0n) is 22.0. The maximum absolute atomic E-state index is 13.2. The molecule has 1 amide bonds. The Morgan fingerprint density at radius 3 is 2.55 bits per heavy atom. The Bertz CT molecular complexity index is 1620. The molecule has 0 atom stereocenters. The molecule has 0 saturated heterocycles. The number of ether oxygens (including phenoxy) is 1. The van der Waals surface area contributed by atoms with Gasteiger partial charge in [-0.05, 0) is 80.8 Å². The molecule has 0 unspecified atom stereocenters. The van der Waals surface area contributed by atoms with Gasteiger partial charge < -0.3 is 14.5 Å². The highest BCUT2D eigenvalue weighted by molar-refractivity contribution is 6.32. The molecule has 38 heavy (non-hydrogen) atoms. The molecule has 2 heterocycles. The minimum atomic E-state index is -0.270. The van der Waals surface area contributed by atoms with Gasteiger partial charge in [-0.25, -0.2) is 4.68 Å². The fourth-order valence-electron chi connectivity index (χ4n) is 4.42. The fourth-order valence-corrected chi connectivity index (χ4v) is 4.66. The molecule has 0 radical (unpaired) electrons. The highest BCUT2D eigenvalue weighted by atomic mass is 35.5. The molecule has 194 valence electrons. The standard InChI is InChI=1S/C31H30ClN3O3/c1-5-13-37-27-12-11-22(16-26(27)32)29-23(18-35(34-29)24-9-7-6-8-10-24)17-33-31(36)30-21(4)25-14-19(2)20(3)15-28(25)38-30/h6-12,14-16,18H,5,13,17H2,1-4H3,(H,33,36). The van der Waals surface area contributed by atoms with Crippen LogP contribution in [0.2, 0.25) is 5.02 Å². The van der Waals surface area contributed by atoms with Crippen molar-refractivity contribution in [2.24, 2.45) is 0 Å². The molecule has 0 saturated carbocycles. The van der Waals surface area contributed by atoms with Crippen LogP contribution < -0.4 is 10.1 Å². The number of carbonyl (C=O) groups excluding carboxylic acids is 1. The van der Waals surface area contributed by atoms with Gasteiger partial charge in [0.2, 0.25) is 0 Å². The second kappa shape index (κ2) is 10.8. The monoisotopic (exact) mass is 527 g/mol. The van der Waals surface area contributed by atoms with Crippen molar-refractivity contribution in [3.8, 4) is 22.7 Å². The third-order valence-corrected chi connectivity index (χ3v) is 6.97. The molecular weight excluding hydrogens is 498 g/mol. The predicted molar refractivity (Wildman–Crippen MR) is 151 cm³/mol. The van der Waals surface area contributed by atoms with E-state index in [2.05, 4.69) is 18.3 Å². The molecule has 0 aliphatic carbocycles. The number of benzene rings is 3. The summed E-state index contributed by atoms with van der Waals surface area (Å²) < 4.78 is 13.5. The van der Waals surface area contributed by atoms with Crippen molar-refractivity contribution in [2.75, 3.05) is 6.61 Å². The third-order valence-electron chi connectivity index (χ3n) is 6.68. The Morgan fingerprint density at radius 2 is 1.82 bits per heavy atom. The summed E-state index contributed by atoms with van der Waals surface area (Å²) in [4.78, 5) is 13.2. The minimum absolute atomic E-state index is 0.265. The van der Waals surface area contributed by atoms with Crippen molar-refractivity contribution in [2.45, 2.75) is 40.7 Å². The van der Waals surface area contributed by atoms with Gasteiger partial charge in [-0.1, -0.05) is 36.7 Å². The van der Waals surface area contributed by atoms with Crippen LogP contribution in [0, 0.1) is 20.8 Å². The van der Waals surface area contributed by atoms with Crippen molar-refractivity contribution >= 4 is 28.5 Å². The Labute approximate surface area is 227 Å². The van der Waals surface area contributed by atoms with Crippen LogP contribution in [0.4, 0.5) is 0 Å². The maximum atomic E-state index is 13.2. The number of carbonyl (C=O) groups is 1. The van der Waals surface area contributed by atoms with E-state index in [-0.39, 0.29) is 12.5 Å². The largest absolute Gasteiger partial charge is 0.492 e. The zero-order valence-corrected chi connectivity index (χ0v) is 22.7. The van der Waals surface area contributed by atoms with E-state index in [0.29, 0.717) is 28.7 Å². The molecule has 3 aromatic carbocycles. The molecule has 0 aliphatic heterocycles. The highest BCUT2D eigenvalue weighted by Crippen LogP contribution is 2.32. The summed E-state index contributed by atoms with van der Waals surface area (Å²) in [5, 5.41) is 9.35. The Hall–Kier alpha value is -4.03. The first-order valence-corrected chi connectivity index (χ1v) is 13.1. The number of rotatable bonds is 8. The Morgan fingerprint density at radius 1 is 1.05 bits per heavy atom. The number of nitrogens with one attached hydrogen (secondary N) is 1. The normalized spacial score (nSPS) is 11.2. The van der Waals surface area contributed by atoms with E-state index < -0.39 is 0 Å². The number of aryl methyl sites for hydroxylation is 3. The van der Waals surface area contributed by atoms with Crippen LogP contribution in [0.1, 0.15) is 46.2 Å². The van der Waals surface area contributed by atoms with Crippen molar-refractivity contribution in [3.05, 3.63) is 99.9 Å². The molecule has 0 bridgehead atoms. The average Bonchev–Trinajstić information content (AvgIpc) is 3.49. The third kappa shape index (κ3) is 5.04. The first-order chi connectivity index (χ1) is 18.4. The number of para-hydroxylation sites is 1. The molecule has 6 nitrogen and oxygen atoms in total. The van der Waals surface area contributed by atoms with Gasteiger partial charge in [0.1, 0.15) is 11.3 Å². The molecule has 0 fully saturated rings. The van der Waals surface area contributed by atoms with Gasteiger partial charge in [0, 0.05) is 34.8 Å². The lowest BCUT2D eigenvalue weighted by molar-refractivity contribution is 0.0924. The number of nitrogens with zero attached hydrogens (tertiary/aromatic N) is 2. The highest BCUT2D eigenvalue weighted by Gasteiger charge is 2.20. The minimum Gasteiger partial charge on any atom is -0.492 e. The van der Waals surface area contributed by atoms with Crippen LogP contribution in [0.25, 0.3) is 27.9 Å². The Balaban J connectivity index is 1.46. The number of fused-ring (bicyclic) bond motifs is 1. The van der Waals surface area contributed by atoms with Crippen LogP contribution in [0.3, 0.4) is 0 Å². The van der Waals surface area contributed by atoms with Crippen molar-refractivity contribution in [3.63, 3.8) is 0 Å². The molecule has 5 rings (SSSR count). The maximum Gasteiger partial charge on any atom is 0.287 e. The van der Waals surface area contributed by atoms with Crippen LogP contribution in [0.5, 0.6) is 5.75 Å². The lowest BCUT2D eigenvalue weighted by atomic mass is 10.0. The van der Waals surface area contributed by atoms with Gasteiger partial charge >= 0.3 is 0 Å². The Kier molecular flexibility index (Phi) is 7.25. The second-order valence-corrected chi connectivity index (χ2v) is 9.86. The van der Waals surface area contributed by atoms with Crippen LogP contribution in [0.15, 0.2) is 71.3 Å². The van der Waals surface area contributed by atoms with E-state index in [1.807, 2.05) is 86.2 Å². The molecule has 5 aromatic rings. The molecule has 7 heteroatoms. The predicted octanol–water partition coefficient (Wildman–Crippen LogP) is 7.58. The zero-order chi connectivity index (χ0) is 26.8. The van der Waals surface area contributed by atoms with E-state index in [9.17, 15) is 4.79 Å². The van der Waals surface area contributed by atoms with E-state index in [1.165, 1.54) is 0 Å². The van der Waals surface area contributed by atoms with Gasteiger partial charge in [-0.2, -0.15) is 5.10 Å². The number of hydrogen-bond donors (Lipinski definition) is 1.